The number of nitrogens with one attached hydrogen (secondary N) is 1. The Balaban J connectivity index is 1.81. The van der Waals surface area contributed by atoms with Crippen LogP contribution in [0.25, 0.3) is 16.5 Å². The van der Waals surface area contributed by atoms with Gasteiger partial charge in [-0.2, -0.15) is 13.2 Å². The molecule has 0 aliphatic rings. The minimum atomic E-state index is -4.88. The Morgan fingerprint density at radius 2 is 1.27 bits per heavy atom. The molecule has 7 heteroatoms. The lowest BCUT2D eigenvalue weighted by Gasteiger charge is -2.43. The van der Waals surface area contributed by atoms with Crippen LogP contribution in [0.2, 0.25) is 0 Å². The molecular weight excluding hydrogens is 509 g/mol. The van der Waals surface area contributed by atoms with Gasteiger partial charge in [-0.25, -0.2) is 0 Å². The van der Waals surface area contributed by atoms with E-state index in [9.17, 15) is 13.2 Å². The lowest BCUT2D eigenvalue weighted by molar-refractivity contribution is -0.0579. The van der Waals surface area contributed by atoms with Crippen LogP contribution in [0, 0.1) is 5.41 Å². The fourth-order valence-corrected chi connectivity index (χ4v) is 5.21. The summed E-state index contributed by atoms with van der Waals surface area (Å²) < 4.78 is 42.5. The Labute approximate surface area is 230 Å². The monoisotopic (exact) mass is 536 g/mol. The summed E-state index contributed by atoms with van der Waals surface area (Å²) >= 11 is 0. The number of nitrogen functional groups attached to an aromatic ring is 1. The van der Waals surface area contributed by atoms with Crippen molar-refractivity contribution in [1.82, 2.24) is 9.88 Å². The number of pyridine rings is 1. The van der Waals surface area contributed by atoms with Crippen molar-refractivity contribution < 1.29 is 13.2 Å². The summed E-state index contributed by atoms with van der Waals surface area (Å²) in [6.45, 7) is 0. The third-order valence-electron chi connectivity index (χ3n) is 7.07. The van der Waals surface area contributed by atoms with Gasteiger partial charge in [-0.3, -0.25) is 10.4 Å². The lowest BCUT2D eigenvalue weighted by Crippen LogP contribution is -2.43. The van der Waals surface area contributed by atoms with Gasteiger partial charge < -0.3 is 10.6 Å². The summed E-state index contributed by atoms with van der Waals surface area (Å²) in [6.07, 6.45) is -1.92. The molecule has 0 fully saturated rings. The molecule has 0 aliphatic carbocycles. The van der Waals surface area contributed by atoms with Crippen molar-refractivity contribution in [3.8, 4) is 0 Å². The summed E-state index contributed by atoms with van der Waals surface area (Å²) in [4.78, 5) is 6.03. The second kappa shape index (κ2) is 10.7. The van der Waals surface area contributed by atoms with Crippen molar-refractivity contribution in [2.45, 2.75) is 11.7 Å². The highest BCUT2D eigenvalue weighted by molar-refractivity contribution is 6.25. The number of allylic oxidation sites excluding steroid dienone is 1. The second-order valence-corrected chi connectivity index (χ2v) is 9.47. The maximum Gasteiger partial charge on any atom is 0.433 e. The zero-order valence-electron chi connectivity index (χ0n) is 21.7. The molecule has 3 N–H and O–H groups in total. The Kier molecular flexibility index (Phi) is 7.13. The lowest BCUT2D eigenvalue weighted by atomic mass is 9.76. The molecule has 0 saturated carbocycles. The summed E-state index contributed by atoms with van der Waals surface area (Å²) in [6, 6.07) is 35.2. The van der Waals surface area contributed by atoms with Crippen LogP contribution < -0.4 is 5.73 Å². The average Bonchev–Trinajstić information content (AvgIpc) is 2.97. The number of aromatic nitrogens is 1. The standard InChI is InChI=1S/C33H27F3N4/c1-40(22-28(31(38)33(34,35)36)23-17-18-30-27(21-23)29(37)19-20-39-30)32(24-11-5-2-6-12-24,25-13-7-3-8-14-25)26-15-9-4-10-16-26/h2-22,38H,1H3,(H2,37,39)/b28-22-,38-31?. The van der Waals surface area contributed by atoms with Crippen LogP contribution in [0.1, 0.15) is 22.3 Å². The van der Waals surface area contributed by atoms with Crippen LogP contribution in [-0.4, -0.2) is 28.8 Å². The van der Waals surface area contributed by atoms with Crippen molar-refractivity contribution >= 4 is 27.9 Å². The van der Waals surface area contributed by atoms with Crippen molar-refractivity contribution in [2.75, 3.05) is 12.8 Å². The number of alkyl halides is 3. The largest absolute Gasteiger partial charge is 0.433 e. The summed E-state index contributed by atoms with van der Waals surface area (Å²) in [5.74, 6) is 0. The van der Waals surface area contributed by atoms with Crippen LogP contribution in [0.15, 0.2) is 128 Å². The Morgan fingerprint density at radius 3 is 1.75 bits per heavy atom. The van der Waals surface area contributed by atoms with Crippen molar-refractivity contribution in [2.24, 2.45) is 0 Å². The van der Waals surface area contributed by atoms with Gasteiger partial charge in [-0.05, 0) is 40.5 Å². The highest BCUT2D eigenvalue weighted by Gasteiger charge is 2.42. The van der Waals surface area contributed by atoms with E-state index in [0.717, 1.165) is 16.7 Å². The molecule has 0 bridgehead atoms. The zero-order valence-corrected chi connectivity index (χ0v) is 21.7. The van der Waals surface area contributed by atoms with E-state index in [1.54, 1.807) is 42.4 Å². The van der Waals surface area contributed by atoms with Gasteiger partial charge in [0.1, 0.15) is 11.3 Å². The van der Waals surface area contributed by atoms with Crippen LogP contribution >= 0.6 is 0 Å². The van der Waals surface area contributed by atoms with Gasteiger partial charge in [0.15, 0.2) is 0 Å². The predicted molar refractivity (Wildman–Crippen MR) is 155 cm³/mol. The van der Waals surface area contributed by atoms with E-state index in [0.29, 0.717) is 16.6 Å². The van der Waals surface area contributed by atoms with E-state index in [2.05, 4.69) is 4.98 Å². The highest BCUT2D eigenvalue weighted by atomic mass is 19.4. The number of anilines is 1. The van der Waals surface area contributed by atoms with Gasteiger partial charge in [-0.1, -0.05) is 97.1 Å². The molecule has 0 saturated heterocycles. The number of nitrogens with two attached hydrogens (primary N) is 1. The second-order valence-electron chi connectivity index (χ2n) is 9.47. The maximum atomic E-state index is 14.2. The highest BCUT2D eigenvalue weighted by Crippen LogP contribution is 2.43. The Morgan fingerprint density at radius 1 is 0.775 bits per heavy atom. The molecule has 200 valence electrons. The molecule has 5 aromatic rings. The molecule has 0 radical (unpaired) electrons. The van der Waals surface area contributed by atoms with Crippen molar-refractivity contribution in [1.29, 1.82) is 5.41 Å². The number of halogens is 3. The van der Waals surface area contributed by atoms with E-state index >= 15 is 0 Å². The van der Waals surface area contributed by atoms with Gasteiger partial charge >= 0.3 is 6.18 Å². The Bertz CT molecular complexity index is 1570. The summed E-state index contributed by atoms with van der Waals surface area (Å²) in [5.41, 5.74) is 7.12. The first-order chi connectivity index (χ1) is 19.2. The molecule has 0 spiro atoms. The normalized spacial score (nSPS) is 12.3. The van der Waals surface area contributed by atoms with Crippen LogP contribution in [0.3, 0.4) is 0 Å². The molecule has 40 heavy (non-hydrogen) atoms. The van der Waals surface area contributed by atoms with Crippen LogP contribution in [0.4, 0.5) is 18.9 Å². The van der Waals surface area contributed by atoms with Crippen LogP contribution in [0.5, 0.6) is 0 Å². The number of fused-ring (bicyclic) bond motifs is 1. The molecule has 0 amide bonds. The van der Waals surface area contributed by atoms with E-state index in [1.807, 2.05) is 91.0 Å². The minimum Gasteiger partial charge on any atom is -0.398 e. The number of hydrogen-bond donors (Lipinski definition) is 2. The van der Waals surface area contributed by atoms with Crippen molar-refractivity contribution in [3.05, 3.63) is 150 Å². The average molecular weight is 537 g/mol. The first kappa shape index (κ1) is 26.7. The summed E-state index contributed by atoms with van der Waals surface area (Å²) in [7, 11) is 1.74. The molecule has 1 aromatic heterocycles. The zero-order chi connectivity index (χ0) is 28.3. The maximum absolute atomic E-state index is 14.2. The molecular formula is C33H27F3N4. The molecule has 0 aliphatic heterocycles. The quantitative estimate of drug-likeness (QED) is 0.166. The van der Waals surface area contributed by atoms with Gasteiger partial charge in [0.05, 0.1) is 5.52 Å². The van der Waals surface area contributed by atoms with E-state index < -0.39 is 17.4 Å². The van der Waals surface area contributed by atoms with Gasteiger partial charge in [0, 0.05) is 36.1 Å². The van der Waals surface area contributed by atoms with Crippen LogP contribution in [-0.2, 0) is 5.54 Å². The summed E-state index contributed by atoms with van der Waals surface area (Å²) in [5, 5.41) is 8.76. The van der Waals surface area contributed by atoms with Gasteiger partial charge in [0.2, 0.25) is 0 Å². The van der Waals surface area contributed by atoms with E-state index in [4.69, 9.17) is 11.1 Å². The smallest absolute Gasteiger partial charge is 0.398 e. The topological polar surface area (TPSA) is 66.0 Å². The number of benzene rings is 4. The molecule has 5 rings (SSSR count). The predicted octanol–water partition coefficient (Wildman–Crippen LogP) is 7.66. The third-order valence-corrected chi connectivity index (χ3v) is 7.07. The fourth-order valence-electron chi connectivity index (χ4n) is 5.21. The minimum absolute atomic E-state index is 0.212. The SMILES string of the molecule is CN(/C=C(\C(=N)C(F)(F)F)c1ccc2nccc(N)c2c1)C(c1ccccc1)(c1ccccc1)c1ccccc1. The number of rotatable bonds is 7. The van der Waals surface area contributed by atoms with Gasteiger partial charge in [0.25, 0.3) is 0 Å². The van der Waals surface area contributed by atoms with Crippen molar-refractivity contribution in [3.63, 3.8) is 0 Å². The fraction of sp³-hybridized carbons (Fsp3) is 0.0909. The Hall–Kier alpha value is -4.91. The molecule has 1 heterocycles. The molecule has 4 nitrogen and oxygen atoms in total. The third kappa shape index (κ3) is 4.82. The first-order valence-corrected chi connectivity index (χ1v) is 12.6. The number of hydrogen-bond acceptors (Lipinski definition) is 4. The number of nitrogens with zero attached hydrogens (tertiary/aromatic N) is 2. The van der Waals surface area contributed by atoms with E-state index in [-0.39, 0.29) is 11.1 Å². The first-order valence-electron chi connectivity index (χ1n) is 12.6. The molecule has 0 atom stereocenters. The molecule has 0 unspecified atom stereocenters. The molecule has 4 aromatic carbocycles. The van der Waals surface area contributed by atoms with E-state index in [1.165, 1.54) is 6.20 Å². The van der Waals surface area contributed by atoms with Gasteiger partial charge in [-0.15, -0.1) is 0 Å².